The highest BCUT2D eigenvalue weighted by Crippen LogP contribution is 2.19. The molecule has 1 atom stereocenters. The molecule has 102 valence electrons. The lowest BCUT2D eigenvalue weighted by Gasteiger charge is -2.07. The Hall–Kier alpha value is -1.86. The van der Waals surface area contributed by atoms with Gasteiger partial charge in [0.1, 0.15) is 5.17 Å². The van der Waals surface area contributed by atoms with Crippen LogP contribution >= 0.6 is 11.6 Å². The van der Waals surface area contributed by atoms with Crippen molar-refractivity contribution in [3.63, 3.8) is 0 Å². The van der Waals surface area contributed by atoms with Crippen LogP contribution in [0.1, 0.15) is 31.0 Å². The van der Waals surface area contributed by atoms with Crippen molar-refractivity contribution in [2.75, 3.05) is 0 Å². The summed E-state index contributed by atoms with van der Waals surface area (Å²) in [7, 11) is 0. The average molecular weight is 284 g/mol. The van der Waals surface area contributed by atoms with Crippen LogP contribution in [0, 0.1) is 0 Å². The average Bonchev–Trinajstić information content (AvgIpc) is 2.49. The minimum atomic E-state index is 0.0588. The number of rotatable bonds is 4. The molecular weight excluding hydrogens is 266 g/mol. The maximum atomic E-state index is 6.24. The molecule has 0 fully saturated rings. The van der Waals surface area contributed by atoms with E-state index in [-0.39, 0.29) is 6.04 Å². The first-order valence-electron chi connectivity index (χ1n) is 6.69. The summed E-state index contributed by atoms with van der Waals surface area (Å²) >= 11 is 6.24. The minimum Gasteiger partial charge on any atom is -0.265 e. The zero-order valence-electron chi connectivity index (χ0n) is 11.8. The summed E-state index contributed by atoms with van der Waals surface area (Å²) in [6.45, 7) is 4.09. The predicted octanol–water partition coefficient (Wildman–Crippen LogP) is 5.49. The topological polar surface area (TPSA) is 12.4 Å². The zero-order chi connectivity index (χ0) is 14.4. The predicted molar refractivity (Wildman–Crippen MR) is 88.2 cm³/mol. The Balaban J connectivity index is 2.15. The van der Waals surface area contributed by atoms with Gasteiger partial charge in [-0.25, -0.2) is 0 Å². The van der Waals surface area contributed by atoms with Crippen molar-refractivity contribution >= 4 is 22.3 Å². The third kappa shape index (κ3) is 4.07. The molecule has 0 amide bonds. The van der Waals surface area contributed by atoms with Crippen LogP contribution in [0.4, 0.5) is 0 Å². The fourth-order valence-corrected chi connectivity index (χ4v) is 2.30. The second-order valence-electron chi connectivity index (χ2n) is 4.73. The summed E-state index contributed by atoms with van der Waals surface area (Å²) in [5, 5.41) is 0.530. The third-order valence-corrected chi connectivity index (χ3v) is 3.37. The number of allylic oxidation sites excluding steroid dienone is 2. The summed E-state index contributed by atoms with van der Waals surface area (Å²) in [6, 6.07) is 20.4. The number of halogens is 1. The van der Waals surface area contributed by atoms with E-state index in [1.807, 2.05) is 56.3 Å². The molecule has 1 nitrogen and oxygen atoms in total. The van der Waals surface area contributed by atoms with Crippen LogP contribution in [-0.4, -0.2) is 5.17 Å². The molecule has 0 spiro atoms. The van der Waals surface area contributed by atoms with E-state index in [9.17, 15) is 0 Å². The Morgan fingerprint density at radius 2 is 1.55 bits per heavy atom. The molecule has 0 aliphatic carbocycles. The van der Waals surface area contributed by atoms with Gasteiger partial charge in [-0.2, -0.15) is 0 Å². The monoisotopic (exact) mass is 283 g/mol. The molecule has 0 aromatic heterocycles. The van der Waals surface area contributed by atoms with E-state index in [2.05, 4.69) is 29.3 Å². The molecule has 0 radical (unpaired) electrons. The van der Waals surface area contributed by atoms with Crippen LogP contribution in [0.25, 0.3) is 5.57 Å². The molecule has 0 aliphatic rings. The molecule has 0 saturated heterocycles. The van der Waals surface area contributed by atoms with E-state index in [0.29, 0.717) is 5.17 Å². The van der Waals surface area contributed by atoms with E-state index in [0.717, 1.165) is 16.7 Å². The van der Waals surface area contributed by atoms with Gasteiger partial charge in [0.15, 0.2) is 0 Å². The first-order chi connectivity index (χ1) is 9.66. The summed E-state index contributed by atoms with van der Waals surface area (Å²) in [5.74, 6) is 0. The summed E-state index contributed by atoms with van der Waals surface area (Å²) in [4.78, 5) is 4.52. The van der Waals surface area contributed by atoms with E-state index in [1.54, 1.807) is 0 Å². The summed E-state index contributed by atoms with van der Waals surface area (Å²) < 4.78 is 0. The fourth-order valence-electron chi connectivity index (χ4n) is 1.99. The van der Waals surface area contributed by atoms with Crippen LogP contribution in [0.3, 0.4) is 0 Å². The molecular formula is C18H18ClN. The van der Waals surface area contributed by atoms with Crippen LogP contribution in [0.2, 0.25) is 0 Å². The Morgan fingerprint density at radius 3 is 2.15 bits per heavy atom. The van der Waals surface area contributed by atoms with Crippen LogP contribution in [0.15, 0.2) is 71.7 Å². The van der Waals surface area contributed by atoms with Crippen LogP contribution < -0.4 is 0 Å². The number of hydrogen-bond donors (Lipinski definition) is 0. The first-order valence-corrected chi connectivity index (χ1v) is 7.06. The van der Waals surface area contributed by atoms with Gasteiger partial charge in [-0.05, 0) is 36.6 Å². The highest BCUT2D eigenvalue weighted by Gasteiger charge is 2.03. The van der Waals surface area contributed by atoms with Gasteiger partial charge >= 0.3 is 0 Å². The van der Waals surface area contributed by atoms with Gasteiger partial charge < -0.3 is 0 Å². The third-order valence-electron chi connectivity index (χ3n) is 3.16. The van der Waals surface area contributed by atoms with Crippen molar-refractivity contribution in [3.05, 3.63) is 77.9 Å². The Morgan fingerprint density at radius 1 is 1.00 bits per heavy atom. The zero-order valence-corrected chi connectivity index (χ0v) is 12.5. The van der Waals surface area contributed by atoms with E-state index in [1.165, 1.54) is 0 Å². The lowest BCUT2D eigenvalue weighted by molar-refractivity contribution is 0.824. The van der Waals surface area contributed by atoms with Gasteiger partial charge in [-0.1, -0.05) is 72.3 Å². The molecule has 2 aromatic rings. The normalized spacial score (nSPS) is 14.2. The molecule has 0 aliphatic heterocycles. The second-order valence-corrected chi connectivity index (χ2v) is 5.12. The molecule has 0 saturated carbocycles. The maximum Gasteiger partial charge on any atom is 0.124 e. The Bertz CT molecular complexity index is 600. The lowest BCUT2D eigenvalue weighted by atomic mass is 10.1. The highest BCUT2D eigenvalue weighted by molar-refractivity contribution is 6.68. The molecule has 0 bridgehead atoms. The van der Waals surface area contributed by atoms with Gasteiger partial charge in [0.25, 0.3) is 0 Å². The number of nitrogens with zero attached hydrogens (tertiary/aromatic N) is 1. The van der Waals surface area contributed by atoms with Crippen molar-refractivity contribution < 1.29 is 0 Å². The van der Waals surface area contributed by atoms with Gasteiger partial charge in [-0.3, -0.25) is 4.99 Å². The van der Waals surface area contributed by atoms with E-state index < -0.39 is 0 Å². The largest absolute Gasteiger partial charge is 0.265 e. The maximum absolute atomic E-state index is 6.24. The first kappa shape index (κ1) is 14.5. The van der Waals surface area contributed by atoms with Crippen molar-refractivity contribution in [2.45, 2.75) is 19.9 Å². The van der Waals surface area contributed by atoms with Gasteiger partial charge in [0, 0.05) is 0 Å². The molecule has 0 N–H and O–H groups in total. The molecule has 2 aromatic carbocycles. The fraction of sp³-hybridized carbons (Fsp3) is 0.167. The van der Waals surface area contributed by atoms with Gasteiger partial charge in [0.2, 0.25) is 0 Å². The second kappa shape index (κ2) is 7.06. The van der Waals surface area contributed by atoms with Gasteiger partial charge in [0.05, 0.1) is 6.04 Å². The minimum absolute atomic E-state index is 0.0588. The number of aliphatic imine (C=N–C) groups is 1. The highest BCUT2D eigenvalue weighted by atomic mass is 35.5. The van der Waals surface area contributed by atoms with Crippen molar-refractivity contribution in [3.8, 4) is 0 Å². The van der Waals surface area contributed by atoms with E-state index in [4.69, 9.17) is 11.6 Å². The smallest absolute Gasteiger partial charge is 0.124 e. The SMILES string of the molecule is C/C(=C\C(Cl)=NC(C)c1ccccc1)c1ccccc1. The molecule has 2 rings (SSSR count). The molecule has 1 unspecified atom stereocenters. The lowest BCUT2D eigenvalue weighted by Crippen LogP contribution is -1.93. The summed E-state index contributed by atoms with van der Waals surface area (Å²) in [6.07, 6.45) is 1.91. The van der Waals surface area contributed by atoms with Gasteiger partial charge in [-0.15, -0.1) is 0 Å². The van der Waals surface area contributed by atoms with Crippen molar-refractivity contribution in [2.24, 2.45) is 4.99 Å². The molecule has 20 heavy (non-hydrogen) atoms. The molecule has 0 heterocycles. The van der Waals surface area contributed by atoms with Crippen molar-refractivity contribution in [1.82, 2.24) is 0 Å². The Kier molecular flexibility index (Phi) is 5.14. The number of hydrogen-bond acceptors (Lipinski definition) is 1. The van der Waals surface area contributed by atoms with Crippen LogP contribution in [-0.2, 0) is 0 Å². The van der Waals surface area contributed by atoms with E-state index >= 15 is 0 Å². The van der Waals surface area contributed by atoms with Crippen molar-refractivity contribution in [1.29, 1.82) is 0 Å². The Labute approximate surface area is 125 Å². The molecule has 2 heteroatoms. The standard InChI is InChI=1S/C18H18ClN/c1-14(16-9-5-3-6-10-16)13-18(19)20-15(2)17-11-7-4-8-12-17/h3-13,15H,1-2H3/b14-13+,20-18?. The van der Waals surface area contributed by atoms with Crippen LogP contribution in [0.5, 0.6) is 0 Å². The quantitative estimate of drug-likeness (QED) is 0.658. The summed E-state index contributed by atoms with van der Waals surface area (Å²) in [5.41, 5.74) is 3.43. The number of benzene rings is 2.